The van der Waals surface area contributed by atoms with E-state index < -0.39 is 8.80 Å². The molecule has 2 fully saturated rings. The van der Waals surface area contributed by atoms with Crippen LogP contribution >= 0.6 is 0 Å². The SMILES string of the molecule is C[SiH](C)C1(OCC2CO2)CCCCO1. The molecule has 2 atom stereocenters. The van der Waals surface area contributed by atoms with Crippen LogP contribution in [0.5, 0.6) is 0 Å². The largest absolute Gasteiger partial charge is 0.371 e. The standard InChI is InChI=1S/C10H20O3Si/c1-14(2)10(5-3-4-6-12-10)13-8-9-7-11-9/h9,14H,3-8H2,1-2H3. The smallest absolute Gasteiger partial charge is 0.148 e. The minimum atomic E-state index is -0.919. The summed E-state index contributed by atoms with van der Waals surface area (Å²) >= 11 is 0. The zero-order valence-corrected chi connectivity index (χ0v) is 10.3. The lowest BCUT2D eigenvalue weighted by atomic mass is 10.2. The van der Waals surface area contributed by atoms with E-state index in [1.54, 1.807) is 0 Å². The summed E-state index contributed by atoms with van der Waals surface area (Å²) in [5.74, 6) is 0. The Balaban J connectivity index is 1.89. The van der Waals surface area contributed by atoms with E-state index in [4.69, 9.17) is 14.2 Å². The van der Waals surface area contributed by atoms with Gasteiger partial charge in [0.05, 0.1) is 13.2 Å². The molecule has 2 saturated heterocycles. The minimum absolute atomic E-state index is 0.190. The van der Waals surface area contributed by atoms with Crippen molar-refractivity contribution in [2.75, 3.05) is 19.8 Å². The zero-order valence-electron chi connectivity index (χ0n) is 9.12. The molecule has 0 saturated carbocycles. The summed E-state index contributed by atoms with van der Waals surface area (Å²) in [6.07, 6.45) is 3.87. The molecule has 2 unspecified atom stereocenters. The maximum atomic E-state index is 5.97. The van der Waals surface area contributed by atoms with Gasteiger partial charge >= 0.3 is 0 Å². The number of ether oxygens (including phenoxy) is 3. The molecule has 2 aliphatic heterocycles. The van der Waals surface area contributed by atoms with Crippen LogP contribution in [-0.2, 0) is 14.2 Å². The van der Waals surface area contributed by atoms with Gasteiger partial charge in [-0.25, -0.2) is 0 Å². The van der Waals surface area contributed by atoms with Crippen molar-refractivity contribution in [2.24, 2.45) is 0 Å². The minimum Gasteiger partial charge on any atom is -0.371 e. The second-order valence-electron chi connectivity index (χ2n) is 4.54. The maximum absolute atomic E-state index is 5.97. The molecule has 2 aliphatic rings. The summed E-state index contributed by atoms with van der Waals surface area (Å²) in [5.41, 5.74) is -0.190. The van der Waals surface area contributed by atoms with Gasteiger partial charge in [0.1, 0.15) is 20.3 Å². The fraction of sp³-hybridized carbons (Fsp3) is 1.00. The van der Waals surface area contributed by atoms with E-state index in [2.05, 4.69) is 13.1 Å². The maximum Gasteiger partial charge on any atom is 0.148 e. The van der Waals surface area contributed by atoms with Crippen molar-refractivity contribution in [3.8, 4) is 0 Å². The summed E-state index contributed by atoms with van der Waals surface area (Å²) in [7, 11) is -0.919. The molecule has 0 bridgehead atoms. The fourth-order valence-corrected chi connectivity index (χ4v) is 3.59. The third-order valence-electron chi connectivity index (χ3n) is 3.06. The summed E-state index contributed by atoms with van der Waals surface area (Å²) in [4.78, 5) is 0. The van der Waals surface area contributed by atoms with Crippen molar-refractivity contribution in [3.05, 3.63) is 0 Å². The summed E-state index contributed by atoms with van der Waals surface area (Å²) < 4.78 is 17.0. The van der Waals surface area contributed by atoms with E-state index in [-0.39, 0.29) is 5.41 Å². The molecule has 0 aromatic carbocycles. The molecule has 14 heavy (non-hydrogen) atoms. The van der Waals surface area contributed by atoms with Crippen molar-refractivity contribution in [1.29, 1.82) is 0 Å². The molecule has 0 aromatic rings. The molecule has 2 rings (SSSR count). The van der Waals surface area contributed by atoms with Gasteiger partial charge in [-0.2, -0.15) is 0 Å². The number of hydrogen-bond donors (Lipinski definition) is 0. The molecule has 4 heteroatoms. The summed E-state index contributed by atoms with van der Waals surface area (Å²) in [6.45, 7) is 7.08. The monoisotopic (exact) mass is 216 g/mol. The van der Waals surface area contributed by atoms with Crippen LogP contribution in [-0.4, -0.2) is 40.1 Å². The van der Waals surface area contributed by atoms with Gasteiger partial charge < -0.3 is 14.2 Å². The molecule has 0 amide bonds. The highest BCUT2D eigenvalue weighted by Crippen LogP contribution is 2.30. The van der Waals surface area contributed by atoms with E-state index in [9.17, 15) is 0 Å². The van der Waals surface area contributed by atoms with E-state index in [1.807, 2.05) is 0 Å². The van der Waals surface area contributed by atoms with Crippen LogP contribution in [0.4, 0.5) is 0 Å². The van der Waals surface area contributed by atoms with Gasteiger partial charge in [0.2, 0.25) is 0 Å². The molecule has 2 heterocycles. The number of rotatable bonds is 4. The average Bonchev–Trinajstić information content (AvgIpc) is 2.99. The highest BCUT2D eigenvalue weighted by Gasteiger charge is 2.40. The van der Waals surface area contributed by atoms with E-state index >= 15 is 0 Å². The average molecular weight is 216 g/mol. The van der Waals surface area contributed by atoms with Crippen LogP contribution in [0.15, 0.2) is 0 Å². The Morgan fingerprint density at radius 1 is 1.43 bits per heavy atom. The Hall–Kier alpha value is 0.0969. The molecular formula is C10H20O3Si. The summed E-state index contributed by atoms with van der Waals surface area (Å²) in [5, 5.41) is 0. The van der Waals surface area contributed by atoms with Crippen molar-refractivity contribution in [2.45, 2.75) is 43.9 Å². The van der Waals surface area contributed by atoms with Crippen LogP contribution < -0.4 is 0 Å². The van der Waals surface area contributed by atoms with E-state index in [1.165, 1.54) is 12.8 Å². The molecule has 0 spiro atoms. The number of epoxide rings is 1. The first-order chi connectivity index (χ1) is 6.73. The molecular weight excluding hydrogens is 196 g/mol. The van der Waals surface area contributed by atoms with Gasteiger partial charge in [0.25, 0.3) is 0 Å². The van der Waals surface area contributed by atoms with Crippen molar-refractivity contribution in [1.82, 2.24) is 0 Å². The third kappa shape index (κ3) is 2.37. The van der Waals surface area contributed by atoms with Gasteiger partial charge in [-0.3, -0.25) is 0 Å². The van der Waals surface area contributed by atoms with Crippen LogP contribution in [0.2, 0.25) is 13.1 Å². The predicted octanol–water partition coefficient (Wildman–Crippen LogP) is 1.32. The fourth-order valence-electron chi connectivity index (χ4n) is 1.92. The second-order valence-corrected chi connectivity index (χ2v) is 7.73. The molecule has 3 nitrogen and oxygen atoms in total. The van der Waals surface area contributed by atoms with E-state index in [0.29, 0.717) is 6.10 Å². The Morgan fingerprint density at radius 3 is 2.71 bits per heavy atom. The quantitative estimate of drug-likeness (QED) is 0.524. The molecule has 0 aromatic heterocycles. The van der Waals surface area contributed by atoms with Gasteiger partial charge in [0.15, 0.2) is 0 Å². The van der Waals surface area contributed by atoms with Gasteiger partial charge in [-0.1, -0.05) is 13.1 Å². The Morgan fingerprint density at radius 2 is 2.21 bits per heavy atom. The van der Waals surface area contributed by atoms with Gasteiger partial charge in [-0.05, 0) is 19.3 Å². The normalized spacial score (nSPS) is 37.5. The molecule has 0 aliphatic carbocycles. The van der Waals surface area contributed by atoms with Crippen molar-refractivity contribution >= 4 is 8.80 Å². The van der Waals surface area contributed by atoms with Gasteiger partial charge in [0, 0.05) is 6.61 Å². The first-order valence-corrected chi connectivity index (χ1v) is 8.51. The van der Waals surface area contributed by atoms with Crippen LogP contribution in [0.3, 0.4) is 0 Å². The second kappa shape index (κ2) is 4.31. The molecule has 82 valence electrons. The van der Waals surface area contributed by atoms with Crippen molar-refractivity contribution in [3.63, 3.8) is 0 Å². The third-order valence-corrected chi connectivity index (χ3v) is 5.44. The molecule has 0 N–H and O–H groups in total. The van der Waals surface area contributed by atoms with E-state index in [0.717, 1.165) is 26.2 Å². The van der Waals surface area contributed by atoms with Gasteiger partial charge in [-0.15, -0.1) is 0 Å². The molecule has 0 radical (unpaired) electrons. The zero-order chi connectivity index (χ0) is 10.0. The first kappa shape index (κ1) is 10.6. The summed E-state index contributed by atoms with van der Waals surface area (Å²) in [6, 6.07) is 0. The predicted molar refractivity (Wildman–Crippen MR) is 57.1 cm³/mol. The number of hydrogen-bond acceptors (Lipinski definition) is 3. The van der Waals surface area contributed by atoms with Crippen LogP contribution in [0, 0.1) is 0 Å². The Labute approximate surface area is 87.3 Å². The highest BCUT2D eigenvalue weighted by atomic mass is 28.3. The van der Waals surface area contributed by atoms with Crippen LogP contribution in [0.25, 0.3) is 0 Å². The van der Waals surface area contributed by atoms with Crippen molar-refractivity contribution < 1.29 is 14.2 Å². The van der Waals surface area contributed by atoms with Crippen LogP contribution in [0.1, 0.15) is 19.3 Å². The Kier molecular flexibility index (Phi) is 3.26. The highest BCUT2D eigenvalue weighted by molar-refractivity contribution is 6.58. The topological polar surface area (TPSA) is 31.0 Å². The lowest BCUT2D eigenvalue weighted by Crippen LogP contribution is -2.50. The Bertz CT molecular complexity index is 186. The lowest BCUT2D eigenvalue weighted by Gasteiger charge is -2.40. The lowest BCUT2D eigenvalue weighted by molar-refractivity contribution is -0.204. The first-order valence-electron chi connectivity index (χ1n) is 5.62.